The number of primary amides is 1. The number of likely N-dealkylation sites (tertiary alicyclic amines) is 1. The van der Waals surface area contributed by atoms with E-state index in [1.54, 1.807) is 17.4 Å². The summed E-state index contributed by atoms with van der Waals surface area (Å²) in [6, 6.07) is 5.21. The second-order valence-corrected chi connectivity index (χ2v) is 8.06. The van der Waals surface area contributed by atoms with Gasteiger partial charge in [-0.15, -0.1) is 11.3 Å². The normalized spacial score (nSPS) is 16.8. The van der Waals surface area contributed by atoms with Crippen LogP contribution < -0.4 is 5.73 Å². The Labute approximate surface area is 168 Å². The summed E-state index contributed by atoms with van der Waals surface area (Å²) in [5.41, 5.74) is 7.60. The zero-order valence-corrected chi connectivity index (χ0v) is 17.0. The number of amides is 2. The number of carbonyl (C=O) groups excluding carboxylic acids is 3. The third-order valence-electron chi connectivity index (χ3n) is 5.17. The predicted octanol–water partition coefficient (Wildman–Crippen LogP) is 2.24. The number of nitrogens with two attached hydrogens (primary N) is 1. The lowest BCUT2D eigenvalue weighted by Gasteiger charge is -2.33. The van der Waals surface area contributed by atoms with E-state index in [4.69, 9.17) is 10.5 Å². The van der Waals surface area contributed by atoms with Gasteiger partial charge in [-0.1, -0.05) is 6.07 Å². The lowest BCUT2D eigenvalue weighted by Crippen LogP contribution is -2.51. The average molecular weight is 404 g/mol. The molecule has 7 nitrogen and oxygen atoms in total. The van der Waals surface area contributed by atoms with Gasteiger partial charge >= 0.3 is 5.97 Å². The highest BCUT2D eigenvalue weighted by Gasteiger charge is 2.31. The topological polar surface area (TPSA) is 94.6 Å². The van der Waals surface area contributed by atoms with E-state index < -0.39 is 24.5 Å². The van der Waals surface area contributed by atoms with Crippen molar-refractivity contribution >= 4 is 29.1 Å². The molecule has 0 saturated carbocycles. The van der Waals surface area contributed by atoms with E-state index in [0.29, 0.717) is 25.1 Å². The number of rotatable bonds is 6. The van der Waals surface area contributed by atoms with Crippen molar-refractivity contribution in [1.29, 1.82) is 0 Å². The first kappa shape index (κ1) is 20.1. The van der Waals surface area contributed by atoms with Gasteiger partial charge in [0.2, 0.25) is 5.91 Å². The second-order valence-electron chi connectivity index (χ2n) is 7.03. The van der Waals surface area contributed by atoms with Crippen LogP contribution in [-0.4, -0.2) is 46.4 Å². The first-order valence-corrected chi connectivity index (χ1v) is 10.2. The zero-order valence-electron chi connectivity index (χ0n) is 16.1. The number of aromatic nitrogens is 1. The standard InChI is InChI=1S/C20H25N3O4S/c1-13-10-16(14(2)23(13)11-15-6-5-9-28-15)20(26)27-12-18(24)22-8-4-3-7-17(22)19(21)25/h5-6,9-10,17H,3-4,7-8,11-12H2,1-2H3,(H2,21,25)/t17-/m1/s1. The molecular weight excluding hydrogens is 378 g/mol. The van der Waals surface area contributed by atoms with Crippen molar-refractivity contribution in [2.75, 3.05) is 13.2 Å². The van der Waals surface area contributed by atoms with Crippen LogP contribution in [0.5, 0.6) is 0 Å². The van der Waals surface area contributed by atoms with Crippen LogP contribution in [-0.2, 0) is 20.9 Å². The Kier molecular flexibility index (Phi) is 6.18. The molecule has 150 valence electrons. The molecule has 1 aliphatic heterocycles. The van der Waals surface area contributed by atoms with E-state index in [1.807, 2.05) is 31.4 Å². The van der Waals surface area contributed by atoms with Crippen LogP contribution in [0.25, 0.3) is 0 Å². The highest BCUT2D eigenvalue weighted by molar-refractivity contribution is 7.09. The SMILES string of the molecule is Cc1cc(C(=O)OCC(=O)N2CCCC[C@@H]2C(N)=O)c(C)n1Cc1cccs1. The van der Waals surface area contributed by atoms with Gasteiger partial charge in [0.1, 0.15) is 6.04 Å². The molecule has 0 aromatic carbocycles. The molecule has 2 aromatic rings. The monoisotopic (exact) mass is 403 g/mol. The first-order valence-electron chi connectivity index (χ1n) is 9.33. The van der Waals surface area contributed by atoms with Gasteiger partial charge in [-0.2, -0.15) is 0 Å². The van der Waals surface area contributed by atoms with Crippen LogP contribution in [0.2, 0.25) is 0 Å². The van der Waals surface area contributed by atoms with Crippen LogP contribution >= 0.6 is 11.3 Å². The quantitative estimate of drug-likeness (QED) is 0.749. The summed E-state index contributed by atoms with van der Waals surface area (Å²) in [6.07, 6.45) is 2.22. The predicted molar refractivity (Wildman–Crippen MR) is 106 cm³/mol. The Morgan fingerprint density at radius 2 is 2.07 bits per heavy atom. The van der Waals surface area contributed by atoms with Crippen molar-refractivity contribution in [1.82, 2.24) is 9.47 Å². The Hall–Kier alpha value is -2.61. The number of thiophene rings is 1. The molecule has 0 unspecified atom stereocenters. The Morgan fingerprint density at radius 3 is 2.75 bits per heavy atom. The lowest BCUT2D eigenvalue weighted by molar-refractivity contribution is -0.143. The van der Waals surface area contributed by atoms with E-state index >= 15 is 0 Å². The maximum absolute atomic E-state index is 12.5. The average Bonchev–Trinajstić information content (AvgIpc) is 3.29. The Bertz CT molecular complexity index is 872. The largest absolute Gasteiger partial charge is 0.452 e. The minimum Gasteiger partial charge on any atom is -0.452 e. The molecule has 0 spiro atoms. The zero-order chi connectivity index (χ0) is 20.3. The van der Waals surface area contributed by atoms with Gasteiger partial charge in [0, 0.05) is 22.8 Å². The lowest BCUT2D eigenvalue weighted by atomic mass is 10.0. The number of hydrogen-bond acceptors (Lipinski definition) is 5. The third kappa shape index (κ3) is 4.27. The number of ether oxygens (including phenoxy) is 1. The molecule has 0 radical (unpaired) electrons. The molecule has 0 aliphatic carbocycles. The molecule has 1 saturated heterocycles. The van der Waals surface area contributed by atoms with E-state index in [0.717, 1.165) is 24.2 Å². The van der Waals surface area contributed by atoms with Gasteiger partial charge in [-0.3, -0.25) is 9.59 Å². The fourth-order valence-electron chi connectivity index (χ4n) is 3.62. The summed E-state index contributed by atoms with van der Waals surface area (Å²) in [5.74, 6) is -1.44. The minimum atomic E-state index is -0.615. The first-order chi connectivity index (χ1) is 13.4. The summed E-state index contributed by atoms with van der Waals surface area (Å²) < 4.78 is 7.32. The number of esters is 1. The highest BCUT2D eigenvalue weighted by Crippen LogP contribution is 2.21. The maximum atomic E-state index is 12.5. The van der Waals surface area contributed by atoms with Gasteiger partial charge in [0.25, 0.3) is 5.91 Å². The maximum Gasteiger partial charge on any atom is 0.340 e. The number of carbonyl (C=O) groups is 3. The second kappa shape index (κ2) is 8.60. The Morgan fingerprint density at radius 1 is 1.29 bits per heavy atom. The highest BCUT2D eigenvalue weighted by atomic mass is 32.1. The van der Waals surface area contributed by atoms with Crippen LogP contribution in [0.15, 0.2) is 23.6 Å². The van der Waals surface area contributed by atoms with Crippen molar-refractivity contribution < 1.29 is 19.1 Å². The molecule has 28 heavy (non-hydrogen) atoms. The van der Waals surface area contributed by atoms with E-state index in [9.17, 15) is 14.4 Å². The Balaban J connectivity index is 1.65. The molecule has 2 N–H and O–H groups in total. The van der Waals surface area contributed by atoms with Crippen molar-refractivity contribution in [3.8, 4) is 0 Å². The van der Waals surface area contributed by atoms with Crippen LogP contribution in [0.1, 0.15) is 45.9 Å². The summed E-state index contributed by atoms with van der Waals surface area (Å²) in [5, 5.41) is 2.02. The summed E-state index contributed by atoms with van der Waals surface area (Å²) >= 11 is 1.66. The van der Waals surface area contributed by atoms with E-state index in [2.05, 4.69) is 4.57 Å². The molecule has 0 bridgehead atoms. The molecule has 8 heteroatoms. The van der Waals surface area contributed by atoms with Crippen LogP contribution in [0, 0.1) is 13.8 Å². The van der Waals surface area contributed by atoms with Crippen LogP contribution in [0.3, 0.4) is 0 Å². The van der Waals surface area contributed by atoms with E-state index in [1.165, 1.54) is 9.78 Å². The summed E-state index contributed by atoms with van der Waals surface area (Å²) in [6.45, 7) is 4.56. The fraction of sp³-hybridized carbons (Fsp3) is 0.450. The number of nitrogens with zero attached hydrogens (tertiary/aromatic N) is 2. The van der Waals surface area contributed by atoms with Crippen molar-refractivity contribution in [3.05, 3.63) is 45.4 Å². The molecule has 1 fully saturated rings. The summed E-state index contributed by atoms with van der Waals surface area (Å²) in [4.78, 5) is 39.2. The van der Waals surface area contributed by atoms with Crippen molar-refractivity contribution in [3.63, 3.8) is 0 Å². The van der Waals surface area contributed by atoms with Gasteiger partial charge in [-0.05, 0) is 50.6 Å². The number of piperidine rings is 1. The third-order valence-corrected chi connectivity index (χ3v) is 6.03. The fourth-order valence-corrected chi connectivity index (χ4v) is 4.32. The van der Waals surface area contributed by atoms with Crippen molar-refractivity contribution in [2.45, 2.75) is 45.7 Å². The number of hydrogen-bond donors (Lipinski definition) is 1. The molecule has 2 aromatic heterocycles. The molecular formula is C20H25N3O4S. The minimum absolute atomic E-state index is 0.385. The van der Waals surface area contributed by atoms with Gasteiger partial charge < -0.3 is 19.9 Å². The summed E-state index contributed by atoms with van der Waals surface area (Å²) in [7, 11) is 0. The molecule has 1 aliphatic rings. The van der Waals surface area contributed by atoms with Gasteiger partial charge in [0.15, 0.2) is 6.61 Å². The molecule has 3 heterocycles. The number of aryl methyl sites for hydroxylation is 1. The van der Waals surface area contributed by atoms with Crippen molar-refractivity contribution in [2.24, 2.45) is 5.73 Å². The van der Waals surface area contributed by atoms with Gasteiger partial charge in [-0.25, -0.2) is 4.79 Å². The molecule has 1 atom stereocenters. The smallest absolute Gasteiger partial charge is 0.340 e. The van der Waals surface area contributed by atoms with E-state index in [-0.39, 0.29) is 5.91 Å². The molecule has 3 rings (SSSR count). The van der Waals surface area contributed by atoms with Gasteiger partial charge in [0.05, 0.1) is 12.1 Å². The molecule has 2 amide bonds. The van der Waals surface area contributed by atoms with Crippen LogP contribution in [0.4, 0.5) is 0 Å².